The molecule has 0 rings (SSSR count). The number of hydrogen-bond acceptors (Lipinski definition) is 4. The lowest BCUT2D eigenvalue weighted by Gasteiger charge is -2.33. The van der Waals surface area contributed by atoms with E-state index in [1.165, 1.54) is 0 Å². The van der Waals surface area contributed by atoms with Gasteiger partial charge >= 0.3 is 5.97 Å². The summed E-state index contributed by atoms with van der Waals surface area (Å²) in [7, 11) is 0. The number of carboxylic acids is 1. The Hall–Kier alpha value is -0.650. The molecule has 3 atom stereocenters. The molecule has 0 aliphatic carbocycles. The maximum absolute atomic E-state index is 10.7. The fourth-order valence-electron chi connectivity index (χ4n) is 4.53. The van der Waals surface area contributed by atoms with Crippen LogP contribution in [0.1, 0.15) is 153 Å². The molecule has 0 radical (unpaired) electrons. The summed E-state index contributed by atoms with van der Waals surface area (Å²) in [6, 6.07) is 0. The molecule has 0 bridgehead atoms. The second kappa shape index (κ2) is 17.0. The Balaban J connectivity index is 4.90. The first-order chi connectivity index (χ1) is 16.0. The zero-order valence-corrected chi connectivity index (χ0v) is 25.0. The highest BCUT2D eigenvalue weighted by atomic mass is 16.5. The number of rotatable bonds is 19. The van der Waals surface area contributed by atoms with Crippen molar-refractivity contribution in [1.29, 1.82) is 0 Å². The Morgan fingerprint density at radius 2 is 0.914 bits per heavy atom. The molecular formula is C30H60O5. The summed E-state index contributed by atoms with van der Waals surface area (Å²) in [6.07, 6.45) is 13.4. The molecule has 0 aromatic carbocycles. The molecular weight excluding hydrogens is 440 g/mol. The molecule has 210 valence electrons. The molecule has 0 aliphatic heterocycles. The Morgan fingerprint density at radius 3 is 1.29 bits per heavy atom. The third-order valence-corrected chi connectivity index (χ3v) is 5.71. The highest BCUT2D eigenvalue weighted by Crippen LogP contribution is 2.27. The lowest BCUT2D eigenvalue weighted by Crippen LogP contribution is -2.33. The van der Waals surface area contributed by atoms with Crippen LogP contribution in [0, 0.1) is 0 Å². The maximum atomic E-state index is 10.7. The average molecular weight is 501 g/mol. The van der Waals surface area contributed by atoms with Gasteiger partial charge in [-0.05, 0) is 107 Å². The van der Waals surface area contributed by atoms with Gasteiger partial charge in [0.25, 0.3) is 0 Å². The monoisotopic (exact) mass is 500 g/mol. The normalized spacial score (nSPS) is 15.7. The summed E-state index contributed by atoms with van der Waals surface area (Å²) in [5.41, 5.74) is -0.467. The van der Waals surface area contributed by atoms with Crippen LogP contribution in [0.2, 0.25) is 0 Å². The predicted molar refractivity (Wildman–Crippen MR) is 147 cm³/mol. The van der Waals surface area contributed by atoms with Gasteiger partial charge in [0.05, 0.1) is 35.1 Å². The van der Waals surface area contributed by atoms with Crippen molar-refractivity contribution >= 4 is 5.97 Å². The van der Waals surface area contributed by atoms with Crippen LogP contribution in [0.15, 0.2) is 0 Å². The van der Waals surface area contributed by atoms with Gasteiger partial charge < -0.3 is 19.3 Å². The molecule has 5 heteroatoms. The first-order valence-electron chi connectivity index (χ1n) is 14.3. The molecule has 35 heavy (non-hydrogen) atoms. The Kier molecular flexibility index (Phi) is 16.7. The van der Waals surface area contributed by atoms with Crippen molar-refractivity contribution in [2.45, 2.75) is 188 Å². The standard InChI is InChI=1S/C30H60O5/c1-11-17-24(33-28(2,3)4)20-22-26(35-30(8,9)10)23-21-25(34-29(5,6)7)18-15-13-12-14-16-19-27(31)32/h24-26H,11-23H2,1-10H3,(H,31,32). The maximum Gasteiger partial charge on any atom is 0.303 e. The van der Waals surface area contributed by atoms with Gasteiger partial charge in [0, 0.05) is 6.42 Å². The Bertz CT molecular complexity index is 538. The van der Waals surface area contributed by atoms with Gasteiger partial charge in [-0.3, -0.25) is 4.79 Å². The lowest BCUT2D eigenvalue weighted by molar-refractivity contribution is -0.137. The van der Waals surface area contributed by atoms with Crippen LogP contribution in [0.5, 0.6) is 0 Å². The largest absolute Gasteiger partial charge is 0.481 e. The van der Waals surface area contributed by atoms with Gasteiger partial charge in [-0.15, -0.1) is 0 Å². The predicted octanol–water partition coefficient (Wildman–Crippen LogP) is 8.71. The van der Waals surface area contributed by atoms with E-state index in [1.807, 2.05) is 0 Å². The molecule has 0 amide bonds. The van der Waals surface area contributed by atoms with E-state index in [4.69, 9.17) is 19.3 Å². The molecule has 0 aliphatic rings. The minimum atomic E-state index is -0.693. The summed E-state index contributed by atoms with van der Waals surface area (Å²) in [6.45, 7) is 21.5. The number of hydrogen-bond donors (Lipinski definition) is 1. The molecule has 0 heterocycles. The minimum absolute atomic E-state index is 0.126. The second-order valence-corrected chi connectivity index (χ2v) is 13.2. The molecule has 5 nitrogen and oxygen atoms in total. The van der Waals surface area contributed by atoms with Gasteiger partial charge in [-0.1, -0.05) is 39.0 Å². The number of ether oxygens (including phenoxy) is 3. The van der Waals surface area contributed by atoms with Crippen LogP contribution in [-0.4, -0.2) is 46.2 Å². The van der Waals surface area contributed by atoms with Crippen molar-refractivity contribution in [2.24, 2.45) is 0 Å². The summed E-state index contributed by atoms with van der Waals surface area (Å²) in [5.74, 6) is -0.693. The molecule has 0 aromatic heterocycles. The van der Waals surface area contributed by atoms with E-state index < -0.39 is 5.97 Å². The van der Waals surface area contributed by atoms with Crippen molar-refractivity contribution in [1.82, 2.24) is 0 Å². The highest BCUT2D eigenvalue weighted by Gasteiger charge is 2.25. The lowest BCUT2D eigenvalue weighted by atomic mass is 9.97. The van der Waals surface area contributed by atoms with Crippen LogP contribution in [0.25, 0.3) is 0 Å². The second-order valence-electron chi connectivity index (χ2n) is 13.2. The third kappa shape index (κ3) is 23.5. The molecule has 0 fully saturated rings. The molecule has 0 spiro atoms. The minimum Gasteiger partial charge on any atom is -0.481 e. The van der Waals surface area contributed by atoms with Crippen LogP contribution in [0.4, 0.5) is 0 Å². The smallest absolute Gasteiger partial charge is 0.303 e. The van der Waals surface area contributed by atoms with Crippen molar-refractivity contribution in [3.63, 3.8) is 0 Å². The zero-order valence-electron chi connectivity index (χ0n) is 25.0. The van der Waals surface area contributed by atoms with Crippen molar-refractivity contribution < 1.29 is 24.1 Å². The van der Waals surface area contributed by atoms with Gasteiger partial charge in [-0.2, -0.15) is 0 Å². The van der Waals surface area contributed by atoms with Crippen LogP contribution < -0.4 is 0 Å². The quantitative estimate of drug-likeness (QED) is 0.180. The van der Waals surface area contributed by atoms with Gasteiger partial charge in [0.2, 0.25) is 0 Å². The Morgan fingerprint density at radius 1 is 0.571 bits per heavy atom. The fourth-order valence-corrected chi connectivity index (χ4v) is 4.53. The number of carboxylic acid groups (broad SMARTS) is 1. The fraction of sp³-hybridized carbons (Fsp3) is 0.967. The van der Waals surface area contributed by atoms with Crippen LogP contribution >= 0.6 is 0 Å². The highest BCUT2D eigenvalue weighted by molar-refractivity contribution is 5.66. The Labute approximate surface area is 218 Å². The van der Waals surface area contributed by atoms with Crippen LogP contribution in [-0.2, 0) is 19.0 Å². The average Bonchev–Trinajstić information content (AvgIpc) is 2.65. The van der Waals surface area contributed by atoms with Crippen molar-refractivity contribution in [3.05, 3.63) is 0 Å². The number of aliphatic carboxylic acids is 1. The first kappa shape index (κ1) is 34.4. The molecule has 0 saturated carbocycles. The number of unbranched alkanes of at least 4 members (excludes halogenated alkanes) is 4. The van der Waals surface area contributed by atoms with Crippen LogP contribution in [0.3, 0.4) is 0 Å². The van der Waals surface area contributed by atoms with Gasteiger partial charge in [0.1, 0.15) is 0 Å². The van der Waals surface area contributed by atoms with E-state index in [0.29, 0.717) is 0 Å². The summed E-state index contributed by atoms with van der Waals surface area (Å²) >= 11 is 0. The van der Waals surface area contributed by atoms with E-state index in [1.54, 1.807) is 0 Å². The molecule has 1 N–H and O–H groups in total. The zero-order chi connectivity index (χ0) is 27.1. The van der Waals surface area contributed by atoms with E-state index in [2.05, 4.69) is 69.2 Å². The van der Waals surface area contributed by atoms with E-state index in [0.717, 1.165) is 77.0 Å². The molecule has 0 aromatic rings. The summed E-state index contributed by atoms with van der Waals surface area (Å²) < 4.78 is 19.3. The van der Waals surface area contributed by atoms with Gasteiger partial charge in [-0.25, -0.2) is 0 Å². The van der Waals surface area contributed by atoms with E-state index in [9.17, 15) is 4.79 Å². The topological polar surface area (TPSA) is 65.0 Å². The van der Waals surface area contributed by atoms with E-state index >= 15 is 0 Å². The molecule has 0 saturated heterocycles. The summed E-state index contributed by atoms with van der Waals surface area (Å²) in [4.78, 5) is 10.7. The summed E-state index contributed by atoms with van der Waals surface area (Å²) in [5, 5.41) is 8.78. The first-order valence-corrected chi connectivity index (χ1v) is 14.3. The number of carbonyl (C=O) groups is 1. The molecule has 3 unspecified atom stereocenters. The SMILES string of the molecule is CCCC(CCC(CCC(CCCCCCCC(=O)O)OC(C)(C)C)OC(C)(C)C)OC(C)(C)C. The van der Waals surface area contributed by atoms with Crippen molar-refractivity contribution in [3.8, 4) is 0 Å². The third-order valence-electron chi connectivity index (χ3n) is 5.71. The van der Waals surface area contributed by atoms with Gasteiger partial charge in [0.15, 0.2) is 0 Å². The van der Waals surface area contributed by atoms with Crippen molar-refractivity contribution in [2.75, 3.05) is 0 Å². The van der Waals surface area contributed by atoms with E-state index in [-0.39, 0.29) is 41.5 Å².